The fraction of sp³-hybridized carbons (Fsp3) is 1.00. The summed E-state index contributed by atoms with van der Waals surface area (Å²) in [5.74, 6) is 0.944. The Bertz CT molecular complexity index is 181. The zero-order chi connectivity index (χ0) is 11.5. The van der Waals surface area contributed by atoms with Crippen molar-refractivity contribution in [2.24, 2.45) is 11.3 Å². The van der Waals surface area contributed by atoms with Crippen molar-refractivity contribution in [2.75, 3.05) is 6.54 Å². The van der Waals surface area contributed by atoms with Crippen molar-refractivity contribution < 1.29 is 5.11 Å². The number of hydrogen-bond acceptors (Lipinski definition) is 2. The molecule has 0 spiro atoms. The van der Waals surface area contributed by atoms with Gasteiger partial charge in [-0.1, -0.05) is 40.0 Å². The van der Waals surface area contributed by atoms with Gasteiger partial charge in [0.25, 0.3) is 0 Å². The highest BCUT2D eigenvalue weighted by atomic mass is 16.3. The SMILES string of the molecule is CC(CC1CCC1)NCC(O)C(C)(C)C. The van der Waals surface area contributed by atoms with Crippen molar-refractivity contribution >= 4 is 0 Å². The molecular formula is C13H27NO. The molecule has 2 heteroatoms. The van der Waals surface area contributed by atoms with Gasteiger partial charge in [-0.15, -0.1) is 0 Å². The summed E-state index contributed by atoms with van der Waals surface area (Å²) in [6.07, 6.45) is 5.27. The minimum absolute atomic E-state index is 0.0107. The molecule has 2 N–H and O–H groups in total. The Labute approximate surface area is 94.5 Å². The van der Waals surface area contributed by atoms with Crippen molar-refractivity contribution in [1.82, 2.24) is 5.32 Å². The van der Waals surface area contributed by atoms with Gasteiger partial charge < -0.3 is 10.4 Å². The molecule has 2 unspecified atom stereocenters. The van der Waals surface area contributed by atoms with Gasteiger partial charge in [0, 0.05) is 12.6 Å². The van der Waals surface area contributed by atoms with Crippen molar-refractivity contribution in [1.29, 1.82) is 0 Å². The van der Waals surface area contributed by atoms with E-state index in [-0.39, 0.29) is 11.5 Å². The van der Waals surface area contributed by atoms with Crippen LogP contribution in [-0.4, -0.2) is 23.8 Å². The van der Waals surface area contributed by atoms with Crippen molar-refractivity contribution in [3.8, 4) is 0 Å². The molecule has 2 atom stereocenters. The van der Waals surface area contributed by atoms with Crippen LogP contribution in [-0.2, 0) is 0 Å². The van der Waals surface area contributed by atoms with Gasteiger partial charge in [-0.2, -0.15) is 0 Å². The van der Waals surface area contributed by atoms with Crippen LogP contribution >= 0.6 is 0 Å². The van der Waals surface area contributed by atoms with Gasteiger partial charge in [0.2, 0.25) is 0 Å². The summed E-state index contributed by atoms with van der Waals surface area (Å²) in [6, 6.07) is 0.548. The molecule has 0 aliphatic heterocycles. The maximum absolute atomic E-state index is 9.88. The van der Waals surface area contributed by atoms with Gasteiger partial charge in [-0.25, -0.2) is 0 Å². The van der Waals surface area contributed by atoms with Crippen LogP contribution in [0.5, 0.6) is 0 Å². The minimum Gasteiger partial charge on any atom is -0.391 e. The molecule has 1 saturated carbocycles. The lowest BCUT2D eigenvalue weighted by atomic mass is 9.81. The van der Waals surface area contributed by atoms with Gasteiger partial charge in [-0.05, 0) is 24.7 Å². The van der Waals surface area contributed by atoms with Crippen molar-refractivity contribution in [2.45, 2.75) is 65.5 Å². The average molecular weight is 213 g/mol. The van der Waals surface area contributed by atoms with Crippen LogP contribution in [0.2, 0.25) is 0 Å². The molecule has 1 fully saturated rings. The fourth-order valence-corrected chi connectivity index (χ4v) is 1.93. The molecule has 15 heavy (non-hydrogen) atoms. The number of hydrogen-bond donors (Lipinski definition) is 2. The van der Waals surface area contributed by atoms with Gasteiger partial charge >= 0.3 is 0 Å². The van der Waals surface area contributed by atoms with E-state index in [0.29, 0.717) is 6.04 Å². The lowest BCUT2D eigenvalue weighted by Crippen LogP contribution is -2.41. The summed E-state index contributed by atoms with van der Waals surface area (Å²) < 4.78 is 0. The minimum atomic E-state index is -0.249. The quantitative estimate of drug-likeness (QED) is 0.735. The monoisotopic (exact) mass is 213 g/mol. The first kappa shape index (κ1) is 13.0. The third-order valence-electron chi connectivity index (χ3n) is 3.57. The fourth-order valence-electron chi connectivity index (χ4n) is 1.93. The second kappa shape index (κ2) is 5.31. The molecule has 90 valence electrons. The highest BCUT2D eigenvalue weighted by Crippen LogP contribution is 2.30. The van der Waals surface area contributed by atoms with Gasteiger partial charge in [-0.3, -0.25) is 0 Å². The second-order valence-electron chi connectivity index (χ2n) is 6.22. The van der Waals surface area contributed by atoms with Crippen LogP contribution < -0.4 is 5.32 Å². The number of nitrogens with one attached hydrogen (secondary N) is 1. The molecule has 0 aromatic carbocycles. The Hall–Kier alpha value is -0.0800. The molecular weight excluding hydrogens is 186 g/mol. The smallest absolute Gasteiger partial charge is 0.0712 e. The van der Waals surface area contributed by atoms with E-state index >= 15 is 0 Å². The summed E-state index contributed by atoms with van der Waals surface area (Å²) >= 11 is 0. The maximum Gasteiger partial charge on any atom is 0.0712 e. The largest absolute Gasteiger partial charge is 0.391 e. The highest BCUT2D eigenvalue weighted by Gasteiger charge is 2.23. The number of rotatable bonds is 5. The molecule has 0 heterocycles. The van der Waals surface area contributed by atoms with E-state index in [0.717, 1.165) is 12.5 Å². The van der Waals surface area contributed by atoms with Gasteiger partial charge in [0.05, 0.1) is 6.10 Å². The first-order valence-electron chi connectivity index (χ1n) is 6.31. The van der Waals surface area contributed by atoms with Crippen LogP contribution in [0.3, 0.4) is 0 Å². The van der Waals surface area contributed by atoms with Crippen LogP contribution in [0.1, 0.15) is 53.4 Å². The first-order valence-corrected chi connectivity index (χ1v) is 6.31. The summed E-state index contributed by atoms with van der Waals surface area (Å²) in [6.45, 7) is 9.19. The molecule has 2 nitrogen and oxygen atoms in total. The van der Waals surface area contributed by atoms with Crippen LogP contribution in [0.15, 0.2) is 0 Å². The molecule has 0 saturated heterocycles. The predicted octanol–water partition coefficient (Wildman–Crippen LogP) is 2.56. The summed E-state index contributed by atoms with van der Waals surface area (Å²) in [4.78, 5) is 0. The van der Waals surface area contributed by atoms with E-state index in [1.165, 1.54) is 25.7 Å². The molecule has 0 bridgehead atoms. The number of aliphatic hydroxyl groups excluding tert-OH is 1. The van der Waals surface area contributed by atoms with E-state index < -0.39 is 0 Å². The van der Waals surface area contributed by atoms with E-state index in [1.54, 1.807) is 0 Å². The van der Waals surface area contributed by atoms with E-state index in [9.17, 15) is 5.11 Å². The Morgan fingerprint density at radius 3 is 2.33 bits per heavy atom. The van der Waals surface area contributed by atoms with E-state index in [4.69, 9.17) is 0 Å². The normalized spacial score (nSPS) is 22.2. The molecule has 1 aliphatic carbocycles. The zero-order valence-corrected chi connectivity index (χ0v) is 10.7. The Morgan fingerprint density at radius 2 is 1.93 bits per heavy atom. The van der Waals surface area contributed by atoms with Crippen LogP contribution in [0, 0.1) is 11.3 Å². The molecule has 1 rings (SSSR count). The molecule has 0 aromatic heterocycles. The van der Waals surface area contributed by atoms with E-state index in [1.807, 2.05) is 0 Å². The highest BCUT2D eigenvalue weighted by molar-refractivity contribution is 4.79. The third kappa shape index (κ3) is 4.52. The van der Waals surface area contributed by atoms with Crippen molar-refractivity contribution in [3.63, 3.8) is 0 Å². The third-order valence-corrected chi connectivity index (χ3v) is 3.57. The topological polar surface area (TPSA) is 32.3 Å². The summed E-state index contributed by atoms with van der Waals surface area (Å²) in [7, 11) is 0. The standard InChI is InChI=1S/C13H27NO/c1-10(8-11-6-5-7-11)14-9-12(15)13(2,3)4/h10-12,14-15H,5-9H2,1-4H3. The van der Waals surface area contributed by atoms with Crippen LogP contribution in [0.25, 0.3) is 0 Å². The molecule has 0 radical (unpaired) electrons. The lowest BCUT2D eigenvalue weighted by Gasteiger charge is -2.31. The predicted molar refractivity (Wildman–Crippen MR) is 64.9 cm³/mol. The Balaban J connectivity index is 2.12. The van der Waals surface area contributed by atoms with Gasteiger partial charge in [0.15, 0.2) is 0 Å². The summed E-state index contributed by atoms with van der Waals surface area (Å²) in [5.41, 5.74) is -0.0107. The van der Waals surface area contributed by atoms with E-state index in [2.05, 4.69) is 33.0 Å². The lowest BCUT2D eigenvalue weighted by molar-refractivity contribution is 0.0596. The molecule has 0 aromatic rings. The molecule has 0 amide bonds. The Kier molecular flexibility index (Phi) is 4.60. The average Bonchev–Trinajstić information content (AvgIpc) is 2.05. The zero-order valence-electron chi connectivity index (χ0n) is 10.7. The first-order chi connectivity index (χ1) is 6.89. The van der Waals surface area contributed by atoms with Crippen molar-refractivity contribution in [3.05, 3.63) is 0 Å². The van der Waals surface area contributed by atoms with Crippen LogP contribution in [0.4, 0.5) is 0 Å². The van der Waals surface area contributed by atoms with Gasteiger partial charge in [0.1, 0.15) is 0 Å². The maximum atomic E-state index is 9.88. The number of aliphatic hydroxyl groups is 1. The Morgan fingerprint density at radius 1 is 1.33 bits per heavy atom. The molecule has 1 aliphatic rings. The summed E-state index contributed by atoms with van der Waals surface area (Å²) in [5, 5.41) is 13.3. The second-order valence-corrected chi connectivity index (χ2v) is 6.22.